The van der Waals surface area contributed by atoms with E-state index < -0.39 is 0 Å². The first-order valence-corrected chi connectivity index (χ1v) is 8.79. The lowest BCUT2D eigenvalue weighted by Gasteiger charge is -2.48. The third kappa shape index (κ3) is 1.59. The molecule has 5 rings (SSSR count). The lowest BCUT2D eigenvalue weighted by molar-refractivity contribution is 0.429. The number of rotatable bonds is 0. The van der Waals surface area contributed by atoms with E-state index in [9.17, 15) is 0 Å². The zero-order valence-electron chi connectivity index (χ0n) is 14.4. The lowest BCUT2D eigenvalue weighted by atomic mass is 9.81. The van der Waals surface area contributed by atoms with Crippen LogP contribution in [0.15, 0.2) is 12.1 Å². The molecule has 3 aliphatic heterocycles. The highest BCUT2D eigenvalue weighted by molar-refractivity contribution is 5.87. The predicted octanol–water partition coefficient (Wildman–Crippen LogP) is 5.43. The van der Waals surface area contributed by atoms with Crippen LogP contribution in [0.5, 0.6) is 11.5 Å². The van der Waals surface area contributed by atoms with Crippen molar-refractivity contribution < 1.29 is 4.74 Å². The number of anilines is 2. The molecule has 0 unspecified atom stereocenters. The normalized spacial score (nSPS) is 17.8. The van der Waals surface area contributed by atoms with Crippen LogP contribution < -0.4 is 9.64 Å². The van der Waals surface area contributed by atoms with Crippen LogP contribution in [-0.2, 0) is 12.8 Å². The zero-order valence-corrected chi connectivity index (χ0v) is 14.4. The van der Waals surface area contributed by atoms with E-state index in [2.05, 4.69) is 44.7 Å². The molecule has 0 N–H and O–H groups in total. The molecule has 2 aromatic carbocycles. The molecule has 0 radical (unpaired) electrons. The Balaban J connectivity index is 1.90. The van der Waals surface area contributed by atoms with Gasteiger partial charge in [0.1, 0.15) is 0 Å². The Morgan fingerprint density at radius 1 is 0.783 bits per heavy atom. The molecule has 0 spiro atoms. The first-order chi connectivity index (χ1) is 11.1. The molecule has 3 aliphatic rings. The summed E-state index contributed by atoms with van der Waals surface area (Å²) in [5, 5.41) is 0. The largest absolute Gasteiger partial charge is 0.452 e. The maximum absolute atomic E-state index is 6.52. The van der Waals surface area contributed by atoms with Crippen molar-refractivity contribution in [3.05, 3.63) is 45.5 Å². The van der Waals surface area contributed by atoms with Crippen molar-refractivity contribution in [3.63, 3.8) is 0 Å². The number of hydrogen-bond acceptors (Lipinski definition) is 2. The molecule has 2 heteroatoms. The Kier molecular flexibility index (Phi) is 2.53. The van der Waals surface area contributed by atoms with Crippen molar-refractivity contribution in [2.45, 2.75) is 59.4 Å². The van der Waals surface area contributed by atoms with Crippen LogP contribution in [0.25, 0.3) is 0 Å². The van der Waals surface area contributed by atoms with Crippen molar-refractivity contribution in [1.29, 1.82) is 0 Å². The monoisotopic (exact) mass is 305 g/mol. The summed E-state index contributed by atoms with van der Waals surface area (Å²) in [6.45, 7) is 8.88. The average molecular weight is 305 g/mol. The maximum atomic E-state index is 6.52. The van der Waals surface area contributed by atoms with E-state index in [1.54, 1.807) is 0 Å². The van der Waals surface area contributed by atoms with Crippen LogP contribution in [0.4, 0.5) is 11.4 Å². The fourth-order valence-corrected chi connectivity index (χ4v) is 4.98. The molecule has 0 bridgehead atoms. The van der Waals surface area contributed by atoms with Crippen LogP contribution in [0.3, 0.4) is 0 Å². The smallest absolute Gasteiger partial charge is 0.154 e. The Hall–Kier alpha value is -1.96. The van der Waals surface area contributed by atoms with Gasteiger partial charge >= 0.3 is 0 Å². The lowest BCUT2D eigenvalue weighted by Crippen LogP contribution is -2.41. The van der Waals surface area contributed by atoms with Gasteiger partial charge in [-0.3, -0.25) is 0 Å². The molecule has 0 fully saturated rings. The highest BCUT2D eigenvalue weighted by atomic mass is 16.5. The standard InChI is InChI=1S/C21H23NO/c1-11-9-13(3)20-18-16(11)7-5-15-6-8-17-12(2)10-14(4)21(23-20)19(17)22(15)18/h9-10,15H,5-8H2,1-4H3. The van der Waals surface area contributed by atoms with Gasteiger partial charge in [-0.15, -0.1) is 0 Å². The van der Waals surface area contributed by atoms with Gasteiger partial charge < -0.3 is 9.64 Å². The van der Waals surface area contributed by atoms with Gasteiger partial charge in [-0.1, -0.05) is 12.1 Å². The molecule has 0 aromatic heterocycles. The van der Waals surface area contributed by atoms with Crippen LogP contribution in [0.2, 0.25) is 0 Å². The predicted molar refractivity (Wildman–Crippen MR) is 94.5 cm³/mol. The Morgan fingerprint density at radius 3 is 1.74 bits per heavy atom. The average Bonchev–Trinajstić information content (AvgIpc) is 2.53. The quantitative estimate of drug-likeness (QED) is 0.644. The van der Waals surface area contributed by atoms with Crippen molar-refractivity contribution in [3.8, 4) is 11.5 Å². The second-order valence-electron chi connectivity index (χ2n) is 7.54. The van der Waals surface area contributed by atoms with E-state index in [1.807, 2.05) is 0 Å². The van der Waals surface area contributed by atoms with Crippen LogP contribution in [0, 0.1) is 27.7 Å². The second kappa shape index (κ2) is 4.31. The zero-order chi connectivity index (χ0) is 15.9. The summed E-state index contributed by atoms with van der Waals surface area (Å²) >= 11 is 0. The second-order valence-corrected chi connectivity index (χ2v) is 7.54. The molecule has 0 saturated heterocycles. The van der Waals surface area contributed by atoms with Crippen molar-refractivity contribution in [1.82, 2.24) is 0 Å². The van der Waals surface area contributed by atoms with E-state index in [0.29, 0.717) is 6.04 Å². The molecule has 0 aliphatic carbocycles. The molecule has 3 heterocycles. The Morgan fingerprint density at radius 2 is 1.26 bits per heavy atom. The summed E-state index contributed by atoms with van der Waals surface area (Å²) in [6.07, 6.45) is 4.91. The SMILES string of the molecule is Cc1cc(C)c2c3c1CCC1CCc4c(C)cc(C)c(c4N31)O2. The number of benzene rings is 2. The highest BCUT2D eigenvalue weighted by Gasteiger charge is 2.41. The van der Waals surface area contributed by atoms with Gasteiger partial charge in [-0.25, -0.2) is 0 Å². The molecular weight excluding hydrogens is 282 g/mol. The summed E-state index contributed by atoms with van der Waals surface area (Å²) in [7, 11) is 0. The number of ether oxygens (including phenoxy) is 1. The molecule has 118 valence electrons. The van der Waals surface area contributed by atoms with Crippen molar-refractivity contribution in [2.75, 3.05) is 4.90 Å². The minimum absolute atomic E-state index is 0.638. The van der Waals surface area contributed by atoms with Gasteiger partial charge in [0.05, 0.1) is 11.4 Å². The third-order valence-corrected chi connectivity index (χ3v) is 6.04. The van der Waals surface area contributed by atoms with Gasteiger partial charge in [-0.05, 0) is 86.8 Å². The van der Waals surface area contributed by atoms with Crippen molar-refractivity contribution >= 4 is 11.4 Å². The van der Waals surface area contributed by atoms with Crippen LogP contribution in [0.1, 0.15) is 46.2 Å². The number of hydrogen-bond donors (Lipinski definition) is 0. The molecular formula is C21H23NO. The van der Waals surface area contributed by atoms with Crippen LogP contribution in [-0.4, -0.2) is 6.04 Å². The molecule has 0 atom stereocenters. The van der Waals surface area contributed by atoms with E-state index >= 15 is 0 Å². The number of nitrogens with zero attached hydrogens (tertiary/aromatic N) is 1. The summed E-state index contributed by atoms with van der Waals surface area (Å²) in [5.74, 6) is 2.20. The van der Waals surface area contributed by atoms with Gasteiger partial charge in [0.15, 0.2) is 11.5 Å². The highest BCUT2D eigenvalue weighted by Crippen LogP contribution is 2.58. The van der Waals surface area contributed by atoms with E-state index in [0.717, 1.165) is 11.5 Å². The minimum atomic E-state index is 0.638. The third-order valence-electron chi connectivity index (χ3n) is 6.04. The minimum Gasteiger partial charge on any atom is -0.452 e. The maximum Gasteiger partial charge on any atom is 0.154 e. The molecule has 0 amide bonds. The molecule has 0 saturated carbocycles. The Bertz CT molecular complexity index is 796. The van der Waals surface area contributed by atoms with Crippen LogP contribution >= 0.6 is 0 Å². The summed E-state index contributed by atoms with van der Waals surface area (Å²) in [6, 6.07) is 5.24. The molecule has 23 heavy (non-hydrogen) atoms. The first kappa shape index (κ1) is 13.5. The molecule has 2 nitrogen and oxygen atoms in total. The van der Waals surface area contributed by atoms with E-state index in [4.69, 9.17) is 4.74 Å². The fraction of sp³-hybridized carbons (Fsp3) is 0.429. The van der Waals surface area contributed by atoms with E-state index in [-0.39, 0.29) is 0 Å². The topological polar surface area (TPSA) is 12.5 Å². The van der Waals surface area contributed by atoms with Crippen molar-refractivity contribution in [2.24, 2.45) is 0 Å². The van der Waals surface area contributed by atoms with Gasteiger partial charge in [0.25, 0.3) is 0 Å². The van der Waals surface area contributed by atoms with Gasteiger partial charge in [0.2, 0.25) is 0 Å². The summed E-state index contributed by atoms with van der Waals surface area (Å²) < 4.78 is 6.52. The first-order valence-electron chi connectivity index (χ1n) is 8.79. The van der Waals surface area contributed by atoms with E-state index in [1.165, 1.54) is 70.4 Å². The van der Waals surface area contributed by atoms with Gasteiger partial charge in [-0.2, -0.15) is 0 Å². The summed E-state index contributed by atoms with van der Waals surface area (Å²) in [4.78, 5) is 2.64. The number of aryl methyl sites for hydroxylation is 4. The summed E-state index contributed by atoms with van der Waals surface area (Å²) in [5.41, 5.74) is 11.1. The Labute approximate surface area is 138 Å². The molecule has 2 aromatic rings. The van der Waals surface area contributed by atoms with Gasteiger partial charge in [0, 0.05) is 6.04 Å². The fourth-order valence-electron chi connectivity index (χ4n) is 4.98.